The number of methoxy groups -OCH3 is 2. The summed E-state index contributed by atoms with van der Waals surface area (Å²) in [7, 11) is 3.34. The molecule has 0 fully saturated rings. The van der Waals surface area contributed by atoms with Gasteiger partial charge in [-0.15, -0.1) is 0 Å². The third-order valence-corrected chi connectivity index (χ3v) is 3.22. The molecule has 0 aromatic heterocycles. The van der Waals surface area contributed by atoms with E-state index in [-0.39, 0.29) is 0 Å². The Kier molecular flexibility index (Phi) is 3.95. The smallest absolute Gasteiger partial charge is 0.126 e. The fourth-order valence-corrected chi connectivity index (χ4v) is 2.12. The standard InChI is InChI=1S/C16H19NO2/c1-11-8-14(18-2)10-16(19-3)15(11)9-12-4-6-13(17)7-5-12/h4-8,10H,9,17H2,1-3H3. The summed E-state index contributed by atoms with van der Waals surface area (Å²) >= 11 is 0. The SMILES string of the molecule is COc1cc(C)c(Cc2ccc(N)cc2)c(OC)c1. The molecule has 2 aromatic rings. The van der Waals surface area contributed by atoms with Crippen LogP contribution in [0.5, 0.6) is 11.5 Å². The number of ether oxygens (including phenoxy) is 2. The third-order valence-electron chi connectivity index (χ3n) is 3.22. The van der Waals surface area contributed by atoms with E-state index in [2.05, 4.69) is 6.92 Å². The molecule has 3 nitrogen and oxygen atoms in total. The zero-order chi connectivity index (χ0) is 13.8. The van der Waals surface area contributed by atoms with Gasteiger partial charge in [-0.25, -0.2) is 0 Å². The Hall–Kier alpha value is -2.16. The first kappa shape index (κ1) is 13.3. The summed E-state index contributed by atoms with van der Waals surface area (Å²) in [5.41, 5.74) is 10.0. The van der Waals surface area contributed by atoms with Crippen LogP contribution in [0.4, 0.5) is 5.69 Å². The van der Waals surface area contributed by atoms with Crippen LogP contribution in [0.3, 0.4) is 0 Å². The van der Waals surface area contributed by atoms with Gasteiger partial charge in [0.25, 0.3) is 0 Å². The van der Waals surface area contributed by atoms with E-state index in [0.717, 1.165) is 29.2 Å². The van der Waals surface area contributed by atoms with Crippen LogP contribution in [0.1, 0.15) is 16.7 Å². The van der Waals surface area contributed by atoms with Crippen molar-refractivity contribution in [1.29, 1.82) is 0 Å². The number of nitrogen functional groups attached to an aromatic ring is 1. The highest BCUT2D eigenvalue weighted by atomic mass is 16.5. The molecule has 0 unspecified atom stereocenters. The van der Waals surface area contributed by atoms with E-state index in [1.165, 1.54) is 11.1 Å². The van der Waals surface area contributed by atoms with E-state index in [4.69, 9.17) is 15.2 Å². The lowest BCUT2D eigenvalue weighted by molar-refractivity contribution is 0.391. The van der Waals surface area contributed by atoms with Crippen molar-refractivity contribution in [1.82, 2.24) is 0 Å². The van der Waals surface area contributed by atoms with Crippen LogP contribution in [0.2, 0.25) is 0 Å². The Balaban J connectivity index is 2.36. The van der Waals surface area contributed by atoms with E-state index in [9.17, 15) is 0 Å². The second kappa shape index (κ2) is 5.65. The monoisotopic (exact) mass is 257 g/mol. The molecule has 0 spiro atoms. The fraction of sp³-hybridized carbons (Fsp3) is 0.250. The van der Waals surface area contributed by atoms with Crippen LogP contribution in [0.25, 0.3) is 0 Å². The molecule has 19 heavy (non-hydrogen) atoms. The minimum atomic E-state index is 0.780. The van der Waals surface area contributed by atoms with Gasteiger partial charge >= 0.3 is 0 Å². The zero-order valence-corrected chi connectivity index (χ0v) is 11.6. The van der Waals surface area contributed by atoms with Gasteiger partial charge in [0.2, 0.25) is 0 Å². The normalized spacial score (nSPS) is 10.3. The largest absolute Gasteiger partial charge is 0.497 e. The number of anilines is 1. The lowest BCUT2D eigenvalue weighted by Crippen LogP contribution is -1.98. The van der Waals surface area contributed by atoms with Crippen LogP contribution in [-0.2, 0) is 6.42 Å². The van der Waals surface area contributed by atoms with E-state index < -0.39 is 0 Å². The molecule has 0 aliphatic rings. The molecule has 0 saturated carbocycles. The number of hydrogen-bond acceptors (Lipinski definition) is 3. The highest BCUT2D eigenvalue weighted by Gasteiger charge is 2.10. The number of hydrogen-bond donors (Lipinski definition) is 1. The predicted molar refractivity (Wildman–Crippen MR) is 77.9 cm³/mol. The van der Waals surface area contributed by atoms with Crippen molar-refractivity contribution < 1.29 is 9.47 Å². The molecule has 0 aliphatic heterocycles. The minimum absolute atomic E-state index is 0.780. The second-order valence-corrected chi connectivity index (χ2v) is 4.54. The first-order valence-electron chi connectivity index (χ1n) is 6.20. The Bertz CT molecular complexity index is 562. The summed E-state index contributed by atoms with van der Waals surface area (Å²) in [5.74, 6) is 1.67. The van der Waals surface area contributed by atoms with Crippen LogP contribution in [0.15, 0.2) is 36.4 Å². The van der Waals surface area contributed by atoms with Gasteiger partial charge in [0, 0.05) is 23.7 Å². The maximum Gasteiger partial charge on any atom is 0.126 e. The first-order valence-corrected chi connectivity index (χ1v) is 6.20. The van der Waals surface area contributed by atoms with Crippen molar-refractivity contribution in [3.8, 4) is 11.5 Å². The molecule has 0 saturated heterocycles. The van der Waals surface area contributed by atoms with Gasteiger partial charge in [-0.3, -0.25) is 0 Å². The van der Waals surface area contributed by atoms with E-state index in [0.29, 0.717) is 0 Å². The summed E-state index contributed by atoms with van der Waals surface area (Å²) in [4.78, 5) is 0. The molecular weight excluding hydrogens is 238 g/mol. The Labute approximate surface area is 114 Å². The average molecular weight is 257 g/mol. The molecule has 100 valence electrons. The number of nitrogens with two attached hydrogens (primary N) is 1. The number of aryl methyl sites for hydroxylation is 1. The van der Waals surface area contributed by atoms with Crippen LogP contribution in [0, 0.1) is 6.92 Å². The number of rotatable bonds is 4. The predicted octanol–water partition coefficient (Wildman–Crippen LogP) is 3.19. The Morgan fingerprint density at radius 3 is 2.26 bits per heavy atom. The van der Waals surface area contributed by atoms with E-state index in [1.807, 2.05) is 36.4 Å². The van der Waals surface area contributed by atoms with Gasteiger partial charge in [0.05, 0.1) is 14.2 Å². The molecule has 2 N–H and O–H groups in total. The summed E-state index contributed by atoms with van der Waals surface area (Å²) in [5, 5.41) is 0. The minimum Gasteiger partial charge on any atom is -0.497 e. The Morgan fingerprint density at radius 2 is 1.68 bits per heavy atom. The quantitative estimate of drug-likeness (QED) is 0.855. The topological polar surface area (TPSA) is 44.5 Å². The summed E-state index contributed by atoms with van der Waals surface area (Å²) in [6.45, 7) is 2.07. The van der Waals surface area contributed by atoms with Crippen molar-refractivity contribution >= 4 is 5.69 Å². The molecule has 0 radical (unpaired) electrons. The molecule has 0 aliphatic carbocycles. The van der Waals surface area contributed by atoms with Crippen molar-refractivity contribution in [2.75, 3.05) is 20.0 Å². The van der Waals surface area contributed by atoms with Crippen LogP contribution in [-0.4, -0.2) is 14.2 Å². The van der Waals surface area contributed by atoms with Gasteiger partial charge in [-0.2, -0.15) is 0 Å². The molecular formula is C16H19NO2. The summed E-state index contributed by atoms with van der Waals surface area (Å²) in [6.07, 6.45) is 0.819. The van der Waals surface area contributed by atoms with E-state index >= 15 is 0 Å². The lowest BCUT2D eigenvalue weighted by Gasteiger charge is -2.14. The van der Waals surface area contributed by atoms with Crippen LogP contribution >= 0.6 is 0 Å². The summed E-state index contributed by atoms with van der Waals surface area (Å²) < 4.78 is 10.7. The van der Waals surface area contributed by atoms with Gasteiger partial charge in [0.1, 0.15) is 11.5 Å². The highest BCUT2D eigenvalue weighted by Crippen LogP contribution is 2.30. The zero-order valence-electron chi connectivity index (χ0n) is 11.6. The van der Waals surface area contributed by atoms with Gasteiger partial charge in [0.15, 0.2) is 0 Å². The lowest BCUT2D eigenvalue weighted by atomic mass is 9.99. The average Bonchev–Trinajstić information content (AvgIpc) is 2.43. The molecule has 0 amide bonds. The molecule has 0 atom stereocenters. The third kappa shape index (κ3) is 2.99. The van der Waals surface area contributed by atoms with Gasteiger partial charge in [-0.1, -0.05) is 12.1 Å². The summed E-state index contributed by atoms with van der Waals surface area (Å²) in [6, 6.07) is 11.9. The van der Waals surface area contributed by atoms with Crippen LogP contribution < -0.4 is 15.2 Å². The van der Waals surface area contributed by atoms with Gasteiger partial charge < -0.3 is 15.2 Å². The second-order valence-electron chi connectivity index (χ2n) is 4.54. The molecule has 0 heterocycles. The fourth-order valence-electron chi connectivity index (χ4n) is 2.12. The molecule has 2 rings (SSSR count). The molecule has 2 aromatic carbocycles. The maximum absolute atomic E-state index is 5.70. The van der Waals surface area contributed by atoms with Crippen molar-refractivity contribution in [3.05, 3.63) is 53.1 Å². The first-order chi connectivity index (χ1) is 9.13. The molecule has 3 heteroatoms. The number of benzene rings is 2. The van der Waals surface area contributed by atoms with Crippen molar-refractivity contribution in [2.24, 2.45) is 0 Å². The highest BCUT2D eigenvalue weighted by molar-refractivity contribution is 5.49. The Morgan fingerprint density at radius 1 is 1.00 bits per heavy atom. The van der Waals surface area contributed by atoms with Gasteiger partial charge in [-0.05, 0) is 36.2 Å². The van der Waals surface area contributed by atoms with Crippen molar-refractivity contribution in [2.45, 2.75) is 13.3 Å². The maximum atomic E-state index is 5.70. The van der Waals surface area contributed by atoms with E-state index in [1.54, 1.807) is 14.2 Å². The molecule has 0 bridgehead atoms. The van der Waals surface area contributed by atoms with Crippen molar-refractivity contribution in [3.63, 3.8) is 0 Å².